The van der Waals surface area contributed by atoms with E-state index < -0.39 is 84.1 Å². The van der Waals surface area contributed by atoms with E-state index in [1.807, 2.05) is 72.8 Å². The highest BCUT2D eigenvalue weighted by atomic mass is 16.3. The number of hydrogen-bond acceptors (Lipinski definition) is 2. The van der Waals surface area contributed by atoms with Crippen LogP contribution in [0.15, 0.2) is 178 Å². The standard InChI is InChI=1S/C46H28O2/c1-4-15-29(16-5-1)40-32-21-10-12-23-34(32)42(35-24-13-11-22-33(35)40)36-25-14-26-38-43(36)37-27-28-39-44(46(37)48-38)41(30-17-6-2-7-18-30)45(47-39)31-19-8-3-9-20-31/h1-28H/i1D,4D,5D,10D,11D,12D,13D,15D,16D,21D,22D,23D,24D. The first kappa shape index (κ1) is 17.0. The second-order valence-corrected chi connectivity index (χ2v) is 11.4. The van der Waals surface area contributed by atoms with Crippen molar-refractivity contribution in [2.45, 2.75) is 0 Å². The van der Waals surface area contributed by atoms with Crippen LogP contribution in [0.5, 0.6) is 0 Å². The molecule has 0 N–H and O–H groups in total. The van der Waals surface area contributed by atoms with E-state index in [1.165, 1.54) is 0 Å². The first-order valence-electron chi connectivity index (χ1n) is 21.8. The smallest absolute Gasteiger partial charge is 0.147 e. The maximum absolute atomic E-state index is 9.43. The third-order valence-electron chi connectivity index (χ3n) is 8.81. The lowest BCUT2D eigenvalue weighted by Gasteiger charge is -2.18. The van der Waals surface area contributed by atoms with Gasteiger partial charge in [0.15, 0.2) is 0 Å². The lowest BCUT2D eigenvalue weighted by atomic mass is 9.85. The zero-order valence-corrected chi connectivity index (χ0v) is 25.0. The van der Waals surface area contributed by atoms with Crippen LogP contribution in [0, 0.1) is 0 Å². The van der Waals surface area contributed by atoms with E-state index in [0.717, 1.165) is 16.7 Å². The molecule has 0 saturated heterocycles. The molecule has 2 aromatic heterocycles. The molecule has 2 heteroatoms. The molecule has 0 fully saturated rings. The van der Waals surface area contributed by atoms with Crippen LogP contribution in [-0.4, -0.2) is 0 Å². The van der Waals surface area contributed by atoms with Crippen LogP contribution in [0.1, 0.15) is 17.8 Å². The summed E-state index contributed by atoms with van der Waals surface area (Å²) in [4.78, 5) is 0. The Kier molecular flexibility index (Phi) is 3.74. The number of rotatable bonds is 4. The van der Waals surface area contributed by atoms with Gasteiger partial charge < -0.3 is 8.83 Å². The third kappa shape index (κ3) is 3.93. The Bertz CT molecular complexity index is 3450. The van der Waals surface area contributed by atoms with Crippen molar-refractivity contribution in [2.75, 3.05) is 0 Å². The molecule has 8 aromatic carbocycles. The van der Waals surface area contributed by atoms with Crippen molar-refractivity contribution in [3.63, 3.8) is 0 Å². The van der Waals surface area contributed by atoms with Crippen molar-refractivity contribution in [3.05, 3.63) is 170 Å². The first-order valence-corrected chi connectivity index (χ1v) is 15.3. The van der Waals surface area contributed by atoms with Gasteiger partial charge in [0.2, 0.25) is 0 Å². The zero-order chi connectivity index (χ0) is 42.9. The topological polar surface area (TPSA) is 26.3 Å². The largest absolute Gasteiger partial charge is 0.455 e. The van der Waals surface area contributed by atoms with Gasteiger partial charge in [-0.3, -0.25) is 0 Å². The summed E-state index contributed by atoms with van der Waals surface area (Å²) in [6, 6.07) is 19.5. The minimum absolute atomic E-state index is 0.0222. The lowest BCUT2D eigenvalue weighted by Crippen LogP contribution is -1.91. The molecule has 2 nitrogen and oxygen atoms in total. The van der Waals surface area contributed by atoms with Crippen LogP contribution in [0.4, 0.5) is 0 Å². The molecule has 10 aromatic rings. The van der Waals surface area contributed by atoms with Gasteiger partial charge in [0, 0.05) is 21.9 Å². The van der Waals surface area contributed by atoms with Crippen molar-refractivity contribution in [3.8, 4) is 44.7 Å². The van der Waals surface area contributed by atoms with Crippen LogP contribution < -0.4 is 0 Å². The van der Waals surface area contributed by atoms with Gasteiger partial charge in [-0.05, 0) is 67.6 Å². The number of fused-ring (bicyclic) bond motifs is 7. The highest BCUT2D eigenvalue weighted by molar-refractivity contribution is 6.28. The first-order chi connectivity index (χ1) is 29.2. The highest BCUT2D eigenvalue weighted by Crippen LogP contribution is 2.50. The van der Waals surface area contributed by atoms with Gasteiger partial charge in [-0.15, -0.1) is 0 Å². The van der Waals surface area contributed by atoms with Gasteiger partial charge >= 0.3 is 0 Å². The Balaban J connectivity index is 1.45. The fraction of sp³-hybridized carbons (Fsp3) is 0. The zero-order valence-electron chi connectivity index (χ0n) is 38.0. The number of hydrogen-bond donors (Lipinski definition) is 0. The Morgan fingerprint density at radius 2 is 0.958 bits per heavy atom. The third-order valence-corrected chi connectivity index (χ3v) is 8.81. The van der Waals surface area contributed by atoms with Gasteiger partial charge in [-0.25, -0.2) is 0 Å². The molecule has 2 heterocycles. The van der Waals surface area contributed by atoms with Gasteiger partial charge in [0.25, 0.3) is 0 Å². The van der Waals surface area contributed by atoms with Gasteiger partial charge in [0.1, 0.15) is 22.5 Å². The van der Waals surface area contributed by atoms with Crippen LogP contribution in [0.3, 0.4) is 0 Å². The summed E-state index contributed by atoms with van der Waals surface area (Å²) in [5.74, 6) is 0.613. The van der Waals surface area contributed by atoms with Crippen LogP contribution in [-0.2, 0) is 0 Å². The Morgan fingerprint density at radius 3 is 1.62 bits per heavy atom. The van der Waals surface area contributed by atoms with Gasteiger partial charge in [-0.1, -0.05) is 151 Å². The van der Waals surface area contributed by atoms with E-state index in [-0.39, 0.29) is 32.7 Å². The molecule has 0 aliphatic heterocycles. The fourth-order valence-corrected chi connectivity index (χ4v) is 6.87. The Morgan fingerprint density at radius 1 is 0.375 bits per heavy atom. The molecule has 0 unspecified atom stereocenters. The van der Waals surface area contributed by atoms with Crippen LogP contribution in [0.25, 0.3) is 99.2 Å². The summed E-state index contributed by atoms with van der Waals surface area (Å²) < 4.78 is 129. The normalized spacial score (nSPS) is 15.5. The number of furan rings is 2. The Labute approximate surface area is 295 Å². The second-order valence-electron chi connectivity index (χ2n) is 11.4. The number of benzene rings is 8. The lowest BCUT2D eigenvalue weighted by molar-refractivity contribution is 0.631. The molecule has 0 bridgehead atoms. The molecule has 224 valence electrons. The summed E-state index contributed by atoms with van der Waals surface area (Å²) >= 11 is 0. The van der Waals surface area contributed by atoms with E-state index in [4.69, 9.17) is 21.2 Å². The summed E-state index contributed by atoms with van der Waals surface area (Å²) in [5, 5.41) is 0.809. The molecule has 0 radical (unpaired) electrons. The molecule has 0 amide bonds. The summed E-state index contributed by atoms with van der Waals surface area (Å²) in [6.45, 7) is 0. The molecule has 0 aliphatic rings. The SMILES string of the molecule is [2H]c1c([2H])c([2H])c(-c2c3c([2H])c([2H])c([2H])c([2H])c3c(-c3cccc4oc5c(ccc6oc(-c7ccccc7)c(-c7ccccc7)c65)c34)c3c([2H])c([2H])c([2H])c([2H])c23)c([2H])c1[2H]. The molecular formula is C46H28O2. The Hall–Kier alpha value is -6.38. The molecule has 0 aliphatic carbocycles. The van der Waals surface area contributed by atoms with Gasteiger partial charge in [-0.2, -0.15) is 0 Å². The average molecular weight is 626 g/mol. The predicted molar refractivity (Wildman–Crippen MR) is 200 cm³/mol. The fourth-order valence-electron chi connectivity index (χ4n) is 6.87. The van der Waals surface area contributed by atoms with E-state index in [2.05, 4.69) is 0 Å². The van der Waals surface area contributed by atoms with E-state index in [0.29, 0.717) is 44.2 Å². The minimum Gasteiger partial charge on any atom is -0.455 e. The molecule has 0 atom stereocenters. The van der Waals surface area contributed by atoms with Crippen molar-refractivity contribution in [1.29, 1.82) is 0 Å². The van der Waals surface area contributed by atoms with Crippen molar-refractivity contribution >= 4 is 54.5 Å². The maximum atomic E-state index is 9.43. The van der Waals surface area contributed by atoms with E-state index >= 15 is 0 Å². The highest BCUT2D eigenvalue weighted by Gasteiger charge is 2.25. The summed E-state index contributed by atoms with van der Waals surface area (Å²) in [6.07, 6.45) is 0. The molecule has 0 saturated carbocycles. The van der Waals surface area contributed by atoms with Gasteiger partial charge in [0.05, 0.1) is 23.2 Å². The molecule has 0 spiro atoms. The maximum Gasteiger partial charge on any atom is 0.147 e. The van der Waals surface area contributed by atoms with Crippen LogP contribution in [0.2, 0.25) is 0 Å². The molecule has 48 heavy (non-hydrogen) atoms. The quantitative estimate of drug-likeness (QED) is 0.182. The van der Waals surface area contributed by atoms with Crippen molar-refractivity contribution in [2.24, 2.45) is 0 Å². The van der Waals surface area contributed by atoms with Crippen molar-refractivity contribution < 1.29 is 26.7 Å². The minimum atomic E-state index is -0.728. The van der Waals surface area contributed by atoms with Crippen LogP contribution >= 0.6 is 0 Å². The summed E-state index contributed by atoms with van der Waals surface area (Å²) in [7, 11) is 0. The molecular weight excluding hydrogens is 585 g/mol. The summed E-state index contributed by atoms with van der Waals surface area (Å²) in [5.41, 5.74) is 3.33. The molecule has 10 rings (SSSR count). The van der Waals surface area contributed by atoms with E-state index in [1.54, 1.807) is 18.2 Å². The van der Waals surface area contributed by atoms with E-state index in [9.17, 15) is 5.48 Å². The van der Waals surface area contributed by atoms with Crippen molar-refractivity contribution in [1.82, 2.24) is 0 Å². The predicted octanol–water partition coefficient (Wildman–Crippen LogP) is 13.3. The second kappa shape index (κ2) is 10.6. The average Bonchev–Trinajstić information content (AvgIpc) is 3.87. The monoisotopic (exact) mass is 625 g/mol.